The Balaban J connectivity index is 2.12. The number of hydrogen-bond acceptors (Lipinski definition) is 2. The second kappa shape index (κ2) is 6.13. The molecular formula is C15H12F2N2O2. The van der Waals surface area contributed by atoms with E-state index in [1.165, 1.54) is 6.92 Å². The highest BCUT2D eigenvalue weighted by Crippen LogP contribution is 2.16. The SMILES string of the molecule is CC(=O)Nc1ccc(NC(=O)c2cc(F)ccc2F)cc1. The Bertz CT molecular complexity index is 685. The van der Waals surface area contributed by atoms with E-state index in [1.54, 1.807) is 24.3 Å². The average molecular weight is 290 g/mol. The molecule has 0 saturated heterocycles. The molecule has 2 amide bonds. The Kier molecular flexibility index (Phi) is 4.27. The molecule has 0 unspecified atom stereocenters. The molecule has 4 nitrogen and oxygen atoms in total. The minimum Gasteiger partial charge on any atom is -0.326 e. The Morgan fingerprint density at radius 2 is 1.48 bits per heavy atom. The quantitative estimate of drug-likeness (QED) is 0.912. The van der Waals surface area contributed by atoms with Gasteiger partial charge in [0.15, 0.2) is 0 Å². The fourth-order valence-corrected chi connectivity index (χ4v) is 1.71. The summed E-state index contributed by atoms with van der Waals surface area (Å²) in [4.78, 5) is 22.7. The summed E-state index contributed by atoms with van der Waals surface area (Å²) in [6, 6.07) is 8.91. The van der Waals surface area contributed by atoms with Crippen LogP contribution in [0, 0.1) is 11.6 Å². The first kappa shape index (κ1) is 14.6. The molecule has 2 N–H and O–H groups in total. The van der Waals surface area contributed by atoms with Crippen molar-refractivity contribution in [3.63, 3.8) is 0 Å². The van der Waals surface area contributed by atoms with Crippen molar-refractivity contribution in [3.8, 4) is 0 Å². The van der Waals surface area contributed by atoms with Crippen LogP contribution in [0.5, 0.6) is 0 Å². The Morgan fingerprint density at radius 3 is 2.05 bits per heavy atom. The van der Waals surface area contributed by atoms with Crippen LogP contribution in [0.4, 0.5) is 20.2 Å². The molecule has 6 heteroatoms. The van der Waals surface area contributed by atoms with E-state index in [0.717, 1.165) is 18.2 Å². The third-order valence-corrected chi connectivity index (χ3v) is 2.64. The fraction of sp³-hybridized carbons (Fsp3) is 0.0667. The highest BCUT2D eigenvalue weighted by Gasteiger charge is 2.13. The van der Waals surface area contributed by atoms with E-state index in [2.05, 4.69) is 10.6 Å². The van der Waals surface area contributed by atoms with Gasteiger partial charge in [-0.2, -0.15) is 0 Å². The molecule has 21 heavy (non-hydrogen) atoms. The second-order valence-corrected chi connectivity index (χ2v) is 4.34. The van der Waals surface area contributed by atoms with Crippen LogP contribution in [0.1, 0.15) is 17.3 Å². The Hall–Kier alpha value is -2.76. The average Bonchev–Trinajstić information content (AvgIpc) is 2.43. The van der Waals surface area contributed by atoms with Crippen LogP contribution in [-0.4, -0.2) is 11.8 Å². The van der Waals surface area contributed by atoms with Crippen LogP contribution >= 0.6 is 0 Å². The van der Waals surface area contributed by atoms with Crippen molar-refractivity contribution in [1.29, 1.82) is 0 Å². The normalized spacial score (nSPS) is 10.0. The molecule has 0 fully saturated rings. The molecule has 108 valence electrons. The lowest BCUT2D eigenvalue weighted by Crippen LogP contribution is -2.14. The highest BCUT2D eigenvalue weighted by molar-refractivity contribution is 6.04. The third-order valence-electron chi connectivity index (χ3n) is 2.64. The predicted octanol–water partition coefficient (Wildman–Crippen LogP) is 3.18. The van der Waals surface area contributed by atoms with Crippen molar-refractivity contribution in [3.05, 3.63) is 59.7 Å². The van der Waals surface area contributed by atoms with Gasteiger partial charge in [-0.1, -0.05) is 0 Å². The fourth-order valence-electron chi connectivity index (χ4n) is 1.71. The summed E-state index contributed by atoms with van der Waals surface area (Å²) < 4.78 is 26.5. The minimum atomic E-state index is -0.802. The van der Waals surface area contributed by atoms with E-state index in [0.29, 0.717) is 11.4 Å². The maximum absolute atomic E-state index is 13.5. The number of rotatable bonds is 3. The summed E-state index contributed by atoms with van der Waals surface area (Å²) in [6.07, 6.45) is 0. The van der Waals surface area contributed by atoms with Gasteiger partial charge in [-0.05, 0) is 42.5 Å². The molecule has 0 heterocycles. The van der Waals surface area contributed by atoms with E-state index in [-0.39, 0.29) is 11.5 Å². The maximum Gasteiger partial charge on any atom is 0.258 e. The molecule has 2 aromatic rings. The summed E-state index contributed by atoms with van der Waals surface area (Å²) in [5, 5.41) is 5.02. The number of hydrogen-bond donors (Lipinski definition) is 2. The molecule has 0 aliphatic rings. The lowest BCUT2D eigenvalue weighted by Gasteiger charge is -2.07. The van der Waals surface area contributed by atoms with Gasteiger partial charge in [-0.15, -0.1) is 0 Å². The van der Waals surface area contributed by atoms with Gasteiger partial charge >= 0.3 is 0 Å². The van der Waals surface area contributed by atoms with Crippen molar-refractivity contribution in [1.82, 2.24) is 0 Å². The lowest BCUT2D eigenvalue weighted by atomic mass is 10.2. The monoisotopic (exact) mass is 290 g/mol. The maximum atomic E-state index is 13.5. The van der Waals surface area contributed by atoms with E-state index in [1.807, 2.05) is 0 Å². The third kappa shape index (κ3) is 3.85. The topological polar surface area (TPSA) is 58.2 Å². The van der Waals surface area contributed by atoms with Crippen LogP contribution < -0.4 is 10.6 Å². The molecular weight excluding hydrogens is 278 g/mol. The number of amides is 2. The molecule has 0 saturated carbocycles. The van der Waals surface area contributed by atoms with E-state index in [9.17, 15) is 18.4 Å². The number of carbonyl (C=O) groups is 2. The largest absolute Gasteiger partial charge is 0.326 e. The Morgan fingerprint density at radius 1 is 0.905 bits per heavy atom. The summed E-state index contributed by atoms with van der Waals surface area (Å²) in [6.45, 7) is 1.38. The first-order chi connectivity index (χ1) is 9.95. The lowest BCUT2D eigenvalue weighted by molar-refractivity contribution is -0.114. The standard InChI is InChI=1S/C15H12F2N2O2/c1-9(20)18-11-3-5-12(6-4-11)19-15(21)13-8-10(16)2-7-14(13)17/h2-8H,1H3,(H,18,20)(H,19,21). The molecule has 0 aromatic heterocycles. The molecule has 0 atom stereocenters. The van der Waals surface area contributed by atoms with Gasteiger partial charge in [0, 0.05) is 18.3 Å². The van der Waals surface area contributed by atoms with Crippen molar-refractivity contribution in [2.75, 3.05) is 10.6 Å². The van der Waals surface area contributed by atoms with Crippen molar-refractivity contribution in [2.45, 2.75) is 6.92 Å². The summed E-state index contributed by atoms with van der Waals surface area (Å²) in [5.74, 6) is -2.46. The number of nitrogens with one attached hydrogen (secondary N) is 2. The van der Waals surface area contributed by atoms with Gasteiger partial charge in [-0.25, -0.2) is 8.78 Å². The summed E-state index contributed by atoms with van der Waals surface area (Å²) in [7, 11) is 0. The van der Waals surface area contributed by atoms with E-state index in [4.69, 9.17) is 0 Å². The minimum absolute atomic E-state index is 0.214. The van der Waals surface area contributed by atoms with Gasteiger partial charge in [0.1, 0.15) is 11.6 Å². The smallest absolute Gasteiger partial charge is 0.258 e. The summed E-state index contributed by atoms with van der Waals surface area (Å²) in [5.41, 5.74) is 0.594. The molecule has 2 aromatic carbocycles. The molecule has 2 rings (SSSR count). The van der Waals surface area contributed by atoms with Crippen LogP contribution in [0.15, 0.2) is 42.5 Å². The molecule has 0 spiro atoms. The molecule has 0 radical (unpaired) electrons. The van der Waals surface area contributed by atoms with Crippen LogP contribution in [-0.2, 0) is 4.79 Å². The van der Waals surface area contributed by atoms with Crippen molar-refractivity contribution < 1.29 is 18.4 Å². The molecule has 0 aliphatic carbocycles. The van der Waals surface area contributed by atoms with Crippen LogP contribution in [0.2, 0.25) is 0 Å². The van der Waals surface area contributed by atoms with Gasteiger partial charge in [-0.3, -0.25) is 9.59 Å². The number of carbonyl (C=O) groups excluding carboxylic acids is 2. The zero-order chi connectivity index (χ0) is 15.4. The van der Waals surface area contributed by atoms with E-state index >= 15 is 0 Å². The van der Waals surface area contributed by atoms with Gasteiger partial charge < -0.3 is 10.6 Å². The highest BCUT2D eigenvalue weighted by atomic mass is 19.1. The number of anilines is 2. The second-order valence-electron chi connectivity index (χ2n) is 4.34. The van der Waals surface area contributed by atoms with Crippen LogP contribution in [0.3, 0.4) is 0 Å². The van der Waals surface area contributed by atoms with Gasteiger partial charge in [0.05, 0.1) is 5.56 Å². The zero-order valence-corrected chi connectivity index (χ0v) is 11.1. The first-order valence-electron chi connectivity index (χ1n) is 6.10. The Labute approximate surface area is 119 Å². The van der Waals surface area contributed by atoms with E-state index < -0.39 is 17.5 Å². The number of benzene rings is 2. The van der Waals surface area contributed by atoms with Gasteiger partial charge in [0.25, 0.3) is 5.91 Å². The molecule has 0 aliphatic heterocycles. The molecule has 0 bridgehead atoms. The van der Waals surface area contributed by atoms with Crippen molar-refractivity contribution >= 4 is 23.2 Å². The van der Waals surface area contributed by atoms with Gasteiger partial charge in [0.2, 0.25) is 5.91 Å². The zero-order valence-electron chi connectivity index (χ0n) is 11.1. The van der Waals surface area contributed by atoms with Crippen LogP contribution in [0.25, 0.3) is 0 Å². The van der Waals surface area contributed by atoms with Crippen molar-refractivity contribution in [2.24, 2.45) is 0 Å². The predicted molar refractivity (Wildman–Crippen MR) is 75.1 cm³/mol. The number of halogens is 2. The summed E-state index contributed by atoms with van der Waals surface area (Å²) >= 11 is 0. The first-order valence-corrected chi connectivity index (χ1v) is 6.10.